The first-order chi connectivity index (χ1) is 6.83. The van der Waals surface area contributed by atoms with Crippen LogP contribution in [-0.4, -0.2) is 44.1 Å². The van der Waals surface area contributed by atoms with Crippen molar-refractivity contribution in [2.45, 2.75) is 19.4 Å². The van der Waals surface area contributed by atoms with E-state index in [2.05, 4.69) is 17.6 Å². The zero-order valence-electron chi connectivity index (χ0n) is 8.54. The van der Waals surface area contributed by atoms with Gasteiger partial charge in [-0.25, -0.2) is 0 Å². The Bertz CT molecular complexity index is 172. The van der Waals surface area contributed by atoms with Gasteiger partial charge in [-0.05, 0) is 18.6 Å². The Labute approximate surface area is 90.3 Å². The lowest BCUT2D eigenvalue weighted by molar-refractivity contribution is -0.0849. The molecule has 0 saturated carbocycles. The molecule has 5 heteroatoms. The number of rotatable bonds is 4. The van der Waals surface area contributed by atoms with Gasteiger partial charge in [-0.3, -0.25) is 0 Å². The van der Waals surface area contributed by atoms with Crippen LogP contribution >= 0.6 is 12.2 Å². The molecule has 82 valence electrons. The lowest BCUT2D eigenvalue weighted by Crippen LogP contribution is -2.43. The lowest BCUT2D eigenvalue weighted by Gasteiger charge is -2.23. The minimum absolute atomic E-state index is 0.130. The fourth-order valence-corrected chi connectivity index (χ4v) is 1.35. The van der Waals surface area contributed by atoms with Crippen LogP contribution in [0.1, 0.15) is 13.3 Å². The fourth-order valence-electron chi connectivity index (χ4n) is 1.16. The highest BCUT2D eigenvalue weighted by Gasteiger charge is 2.13. The maximum Gasteiger partial charge on any atom is 0.166 e. The van der Waals surface area contributed by atoms with Crippen molar-refractivity contribution >= 4 is 17.3 Å². The van der Waals surface area contributed by atoms with Gasteiger partial charge in [0.25, 0.3) is 0 Å². The minimum Gasteiger partial charge on any atom is -0.376 e. The molecule has 0 aromatic carbocycles. The first-order valence-corrected chi connectivity index (χ1v) is 5.44. The van der Waals surface area contributed by atoms with Crippen molar-refractivity contribution in [2.75, 3.05) is 32.9 Å². The Morgan fingerprint density at radius 3 is 2.93 bits per heavy atom. The van der Waals surface area contributed by atoms with E-state index in [1.807, 2.05) is 0 Å². The predicted molar refractivity (Wildman–Crippen MR) is 59.5 cm³/mol. The summed E-state index contributed by atoms with van der Waals surface area (Å²) in [5.74, 6) is 0. The van der Waals surface area contributed by atoms with E-state index < -0.39 is 0 Å². The van der Waals surface area contributed by atoms with E-state index in [0.29, 0.717) is 24.9 Å². The molecule has 0 amide bonds. The molecule has 1 heterocycles. The maximum absolute atomic E-state index is 5.46. The predicted octanol–water partition coefficient (Wildman–Crippen LogP) is 0.276. The summed E-state index contributed by atoms with van der Waals surface area (Å²) in [6.45, 7) is 5.77. The van der Waals surface area contributed by atoms with Gasteiger partial charge in [0.1, 0.15) is 0 Å². The second-order valence-corrected chi connectivity index (χ2v) is 3.61. The average molecular weight is 218 g/mol. The molecule has 2 N–H and O–H groups in total. The Kier molecular flexibility index (Phi) is 5.82. The van der Waals surface area contributed by atoms with Crippen LogP contribution in [0.4, 0.5) is 0 Å². The highest BCUT2D eigenvalue weighted by atomic mass is 32.1. The second kappa shape index (κ2) is 6.98. The Hall–Kier alpha value is -0.390. The monoisotopic (exact) mass is 218 g/mol. The van der Waals surface area contributed by atoms with Gasteiger partial charge >= 0.3 is 0 Å². The standard InChI is InChI=1S/C9H18N2O2S/c1-2-3-10-9(14)11-6-8-7-12-4-5-13-8/h8H,2-7H2,1H3,(H2,10,11,14). The summed E-state index contributed by atoms with van der Waals surface area (Å²) >= 11 is 5.07. The van der Waals surface area contributed by atoms with E-state index in [9.17, 15) is 0 Å². The zero-order chi connectivity index (χ0) is 10.2. The number of nitrogens with one attached hydrogen (secondary N) is 2. The quantitative estimate of drug-likeness (QED) is 0.663. The molecule has 1 saturated heterocycles. The molecule has 0 aromatic heterocycles. The van der Waals surface area contributed by atoms with Gasteiger partial charge < -0.3 is 20.1 Å². The molecule has 0 bridgehead atoms. The summed E-state index contributed by atoms with van der Waals surface area (Å²) < 4.78 is 10.7. The van der Waals surface area contributed by atoms with Gasteiger partial charge in [-0.2, -0.15) is 0 Å². The Morgan fingerprint density at radius 2 is 2.29 bits per heavy atom. The average Bonchev–Trinajstić information content (AvgIpc) is 2.25. The van der Waals surface area contributed by atoms with Crippen LogP contribution in [0.2, 0.25) is 0 Å². The van der Waals surface area contributed by atoms with E-state index in [1.165, 1.54) is 0 Å². The van der Waals surface area contributed by atoms with Crippen LogP contribution in [0.15, 0.2) is 0 Å². The molecule has 14 heavy (non-hydrogen) atoms. The number of thiocarbonyl (C=S) groups is 1. The summed E-state index contributed by atoms with van der Waals surface area (Å²) in [5, 5.41) is 6.89. The van der Waals surface area contributed by atoms with E-state index in [-0.39, 0.29) is 6.10 Å². The van der Waals surface area contributed by atoms with Crippen molar-refractivity contribution in [1.82, 2.24) is 10.6 Å². The number of hydrogen-bond donors (Lipinski definition) is 2. The smallest absolute Gasteiger partial charge is 0.166 e. The van der Waals surface area contributed by atoms with E-state index >= 15 is 0 Å². The minimum atomic E-state index is 0.130. The summed E-state index contributed by atoms with van der Waals surface area (Å²) in [7, 11) is 0. The lowest BCUT2D eigenvalue weighted by atomic mass is 10.3. The Balaban J connectivity index is 2.03. The van der Waals surface area contributed by atoms with Crippen molar-refractivity contribution in [2.24, 2.45) is 0 Å². The molecular weight excluding hydrogens is 200 g/mol. The van der Waals surface area contributed by atoms with Crippen molar-refractivity contribution in [3.05, 3.63) is 0 Å². The third-order valence-electron chi connectivity index (χ3n) is 1.91. The van der Waals surface area contributed by atoms with Gasteiger partial charge in [0.05, 0.1) is 25.9 Å². The third kappa shape index (κ3) is 4.74. The van der Waals surface area contributed by atoms with Crippen LogP contribution in [0, 0.1) is 0 Å². The van der Waals surface area contributed by atoms with Gasteiger partial charge in [-0.15, -0.1) is 0 Å². The SMILES string of the molecule is CCCNC(=S)NCC1COCCO1. The van der Waals surface area contributed by atoms with E-state index in [4.69, 9.17) is 21.7 Å². The summed E-state index contributed by atoms with van der Waals surface area (Å²) in [4.78, 5) is 0. The molecule has 1 fully saturated rings. The zero-order valence-corrected chi connectivity index (χ0v) is 9.36. The maximum atomic E-state index is 5.46. The highest BCUT2D eigenvalue weighted by Crippen LogP contribution is 1.98. The van der Waals surface area contributed by atoms with Crippen molar-refractivity contribution < 1.29 is 9.47 Å². The molecule has 1 unspecified atom stereocenters. The van der Waals surface area contributed by atoms with Gasteiger partial charge in [0, 0.05) is 13.1 Å². The molecule has 1 atom stereocenters. The van der Waals surface area contributed by atoms with Crippen LogP contribution in [0.25, 0.3) is 0 Å². The van der Waals surface area contributed by atoms with Crippen molar-refractivity contribution in [3.8, 4) is 0 Å². The topological polar surface area (TPSA) is 42.5 Å². The third-order valence-corrected chi connectivity index (χ3v) is 2.20. The molecule has 0 radical (unpaired) electrons. The summed E-state index contributed by atoms with van der Waals surface area (Å²) in [6, 6.07) is 0. The summed E-state index contributed by atoms with van der Waals surface area (Å²) in [5.41, 5.74) is 0. The van der Waals surface area contributed by atoms with Crippen molar-refractivity contribution in [1.29, 1.82) is 0 Å². The molecule has 1 aliphatic rings. The number of hydrogen-bond acceptors (Lipinski definition) is 3. The fraction of sp³-hybridized carbons (Fsp3) is 0.889. The normalized spacial score (nSPS) is 21.6. The van der Waals surface area contributed by atoms with Gasteiger partial charge in [-0.1, -0.05) is 6.92 Å². The van der Waals surface area contributed by atoms with E-state index in [1.54, 1.807) is 0 Å². The molecule has 0 aromatic rings. The molecule has 0 spiro atoms. The molecular formula is C9H18N2O2S. The molecule has 1 rings (SSSR count). The van der Waals surface area contributed by atoms with Crippen LogP contribution in [0.3, 0.4) is 0 Å². The highest BCUT2D eigenvalue weighted by molar-refractivity contribution is 7.80. The molecule has 0 aliphatic carbocycles. The van der Waals surface area contributed by atoms with Crippen molar-refractivity contribution in [3.63, 3.8) is 0 Å². The molecule has 4 nitrogen and oxygen atoms in total. The van der Waals surface area contributed by atoms with Gasteiger partial charge in [0.2, 0.25) is 0 Å². The van der Waals surface area contributed by atoms with Crippen LogP contribution < -0.4 is 10.6 Å². The van der Waals surface area contributed by atoms with Crippen LogP contribution in [-0.2, 0) is 9.47 Å². The first kappa shape index (κ1) is 11.7. The first-order valence-electron chi connectivity index (χ1n) is 5.04. The molecule has 1 aliphatic heterocycles. The summed E-state index contributed by atoms with van der Waals surface area (Å²) in [6.07, 6.45) is 1.20. The largest absolute Gasteiger partial charge is 0.376 e. The van der Waals surface area contributed by atoms with E-state index in [0.717, 1.165) is 19.5 Å². The number of ether oxygens (including phenoxy) is 2. The van der Waals surface area contributed by atoms with Gasteiger partial charge in [0.15, 0.2) is 5.11 Å². The van der Waals surface area contributed by atoms with Crippen LogP contribution in [0.5, 0.6) is 0 Å². The second-order valence-electron chi connectivity index (χ2n) is 3.20. The Morgan fingerprint density at radius 1 is 1.43 bits per heavy atom.